The average Bonchev–Trinajstić information content (AvgIpc) is 2.89. The number of rotatable bonds is 4. The van der Waals surface area contributed by atoms with E-state index in [1.165, 1.54) is 0 Å². The summed E-state index contributed by atoms with van der Waals surface area (Å²) in [5.41, 5.74) is 0.330. The van der Waals surface area contributed by atoms with Crippen LogP contribution in [0.2, 0.25) is 0 Å². The first-order chi connectivity index (χ1) is 10.1. The van der Waals surface area contributed by atoms with Crippen LogP contribution in [0, 0.1) is 11.3 Å². The van der Waals surface area contributed by atoms with Crippen LogP contribution in [0.3, 0.4) is 0 Å². The molecule has 5 heteroatoms. The Morgan fingerprint density at radius 1 is 1.43 bits per heavy atom. The number of hydrogen-bond donors (Lipinski definition) is 2. The van der Waals surface area contributed by atoms with Crippen LogP contribution in [0.5, 0.6) is 0 Å². The molecule has 1 aliphatic carbocycles. The van der Waals surface area contributed by atoms with E-state index in [2.05, 4.69) is 17.2 Å². The van der Waals surface area contributed by atoms with Crippen LogP contribution in [0.15, 0.2) is 24.3 Å². The molecule has 1 saturated carbocycles. The molecule has 112 valence electrons. The normalized spacial score (nSPS) is 25.9. The lowest BCUT2D eigenvalue weighted by molar-refractivity contribution is -0.150. The van der Waals surface area contributed by atoms with Crippen molar-refractivity contribution in [2.45, 2.75) is 32.6 Å². The SMILES string of the molecule is CC1CCC(CNc2nc3ccccc3s2)(C(=O)O)CC1. The van der Waals surface area contributed by atoms with Crippen molar-refractivity contribution in [3.05, 3.63) is 24.3 Å². The number of carbonyl (C=O) groups is 1. The Kier molecular flexibility index (Phi) is 3.85. The Balaban J connectivity index is 1.73. The average molecular weight is 304 g/mol. The van der Waals surface area contributed by atoms with Crippen molar-refractivity contribution in [3.63, 3.8) is 0 Å². The monoisotopic (exact) mass is 304 g/mol. The Morgan fingerprint density at radius 3 is 2.81 bits per heavy atom. The van der Waals surface area contributed by atoms with E-state index < -0.39 is 11.4 Å². The number of thiazole rings is 1. The Morgan fingerprint density at radius 2 is 2.14 bits per heavy atom. The summed E-state index contributed by atoms with van der Waals surface area (Å²) >= 11 is 1.58. The molecule has 2 aromatic rings. The van der Waals surface area contributed by atoms with Gasteiger partial charge in [-0.25, -0.2) is 4.98 Å². The fourth-order valence-electron chi connectivity index (χ4n) is 2.97. The van der Waals surface area contributed by atoms with E-state index in [0.29, 0.717) is 12.5 Å². The van der Waals surface area contributed by atoms with E-state index in [1.54, 1.807) is 11.3 Å². The molecule has 0 radical (unpaired) electrons. The lowest BCUT2D eigenvalue weighted by Crippen LogP contribution is -2.41. The molecule has 0 spiro atoms. The number of benzene rings is 1. The summed E-state index contributed by atoms with van der Waals surface area (Å²) < 4.78 is 1.13. The third kappa shape index (κ3) is 2.88. The number of anilines is 1. The molecule has 0 unspecified atom stereocenters. The van der Waals surface area contributed by atoms with E-state index in [-0.39, 0.29) is 0 Å². The fraction of sp³-hybridized carbons (Fsp3) is 0.500. The van der Waals surface area contributed by atoms with Gasteiger partial charge >= 0.3 is 5.97 Å². The van der Waals surface area contributed by atoms with Crippen LogP contribution in [0.25, 0.3) is 10.2 Å². The topological polar surface area (TPSA) is 62.2 Å². The van der Waals surface area contributed by atoms with Crippen molar-refractivity contribution in [2.24, 2.45) is 11.3 Å². The van der Waals surface area contributed by atoms with Crippen molar-refractivity contribution in [3.8, 4) is 0 Å². The van der Waals surface area contributed by atoms with E-state index in [4.69, 9.17) is 0 Å². The molecule has 21 heavy (non-hydrogen) atoms. The van der Waals surface area contributed by atoms with Crippen molar-refractivity contribution in [1.29, 1.82) is 0 Å². The molecule has 1 heterocycles. The summed E-state index contributed by atoms with van der Waals surface area (Å²) in [5, 5.41) is 13.7. The van der Waals surface area contributed by atoms with Crippen molar-refractivity contribution < 1.29 is 9.90 Å². The van der Waals surface area contributed by atoms with Crippen LogP contribution in [0.4, 0.5) is 5.13 Å². The summed E-state index contributed by atoms with van der Waals surface area (Å²) in [6, 6.07) is 7.97. The van der Waals surface area contributed by atoms with E-state index in [9.17, 15) is 9.90 Å². The molecule has 2 N–H and O–H groups in total. The zero-order chi connectivity index (χ0) is 14.9. The third-order valence-electron chi connectivity index (χ3n) is 4.56. The maximum atomic E-state index is 11.7. The lowest BCUT2D eigenvalue weighted by atomic mass is 9.71. The van der Waals surface area contributed by atoms with E-state index in [1.807, 2.05) is 24.3 Å². The lowest BCUT2D eigenvalue weighted by Gasteiger charge is -2.35. The van der Waals surface area contributed by atoms with Crippen molar-refractivity contribution in [1.82, 2.24) is 4.98 Å². The first-order valence-corrected chi connectivity index (χ1v) is 8.24. The third-order valence-corrected chi connectivity index (χ3v) is 5.55. The summed E-state index contributed by atoms with van der Waals surface area (Å²) in [7, 11) is 0. The number of aliphatic carboxylic acids is 1. The van der Waals surface area contributed by atoms with Crippen LogP contribution in [0.1, 0.15) is 32.6 Å². The summed E-state index contributed by atoms with van der Waals surface area (Å²) in [5.74, 6) is -0.0389. The summed E-state index contributed by atoms with van der Waals surface area (Å²) in [4.78, 5) is 16.2. The molecule has 1 fully saturated rings. The molecular formula is C16H20N2O2S. The quantitative estimate of drug-likeness (QED) is 0.896. The van der Waals surface area contributed by atoms with Gasteiger partial charge in [-0.1, -0.05) is 30.4 Å². The minimum Gasteiger partial charge on any atom is -0.481 e. The predicted octanol–water partition coefficient (Wildman–Crippen LogP) is 3.99. The van der Waals surface area contributed by atoms with Crippen molar-refractivity contribution >= 4 is 32.7 Å². The highest BCUT2D eigenvalue weighted by atomic mass is 32.1. The standard InChI is InChI=1S/C16H20N2O2S/c1-11-6-8-16(9-7-11,14(19)20)10-17-15-18-12-4-2-3-5-13(12)21-15/h2-5,11H,6-10H2,1H3,(H,17,18)(H,19,20). The van der Waals surface area contributed by atoms with Gasteiger partial charge in [0.05, 0.1) is 15.6 Å². The molecule has 1 aliphatic rings. The molecule has 4 nitrogen and oxygen atoms in total. The number of carboxylic acids is 1. The number of nitrogens with zero attached hydrogens (tertiary/aromatic N) is 1. The summed E-state index contributed by atoms with van der Waals surface area (Å²) in [6.07, 6.45) is 3.49. The molecule has 3 rings (SSSR count). The smallest absolute Gasteiger partial charge is 0.311 e. The van der Waals surface area contributed by atoms with E-state index >= 15 is 0 Å². The molecule has 0 saturated heterocycles. The maximum Gasteiger partial charge on any atom is 0.311 e. The van der Waals surface area contributed by atoms with Gasteiger partial charge in [0.2, 0.25) is 0 Å². The minimum atomic E-state index is -0.678. The van der Waals surface area contributed by atoms with Gasteiger partial charge in [0.1, 0.15) is 0 Å². The van der Waals surface area contributed by atoms with Gasteiger partial charge in [0.25, 0.3) is 0 Å². The van der Waals surface area contributed by atoms with Gasteiger partial charge in [-0.05, 0) is 43.7 Å². The highest BCUT2D eigenvalue weighted by Gasteiger charge is 2.41. The second-order valence-corrected chi connectivity index (χ2v) is 7.14. The first-order valence-electron chi connectivity index (χ1n) is 7.42. The predicted molar refractivity (Wildman–Crippen MR) is 85.8 cm³/mol. The van der Waals surface area contributed by atoms with Crippen LogP contribution in [-0.2, 0) is 4.79 Å². The molecule has 0 bridgehead atoms. The highest BCUT2D eigenvalue weighted by Crippen LogP contribution is 2.39. The number of carboxylic acid groups (broad SMARTS) is 1. The Bertz CT molecular complexity index is 612. The minimum absolute atomic E-state index is 0.467. The van der Waals surface area contributed by atoms with Gasteiger partial charge in [0.15, 0.2) is 5.13 Å². The molecule has 1 aromatic heterocycles. The van der Waals surface area contributed by atoms with Crippen LogP contribution in [-0.4, -0.2) is 22.6 Å². The molecular weight excluding hydrogens is 284 g/mol. The molecule has 1 aromatic carbocycles. The number of aromatic nitrogens is 1. The largest absolute Gasteiger partial charge is 0.481 e. The van der Waals surface area contributed by atoms with Crippen LogP contribution >= 0.6 is 11.3 Å². The Hall–Kier alpha value is -1.62. The first kappa shape index (κ1) is 14.3. The number of hydrogen-bond acceptors (Lipinski definition) is 4. The highest BCUT2D eigenvalue weighted by molar-refractivity contribution is 7.22. The number of nitrogens with one attached hydrogen (secondary N) is 1. The Labute approximate surface area is 128 Å². The van der Waals surface area contributed by atoms with Gasteiger partial charge < -0.3 is 10.4 Å². The molecule has 0 aliphatic heterocycles. The molecule has 0 amide bonds. The zero-order valence-corrected chi connectivity index (χ0v) is 12.9. The van der Waals surface area contributed by atoms with Gasteiger partial charge in [-0.15, -0.1) is 0 Å². The van der Waals surface area contributed by atoms with Gasteiger partial charge in [0, 0.05) is 6.54 Å². The fourth-order valence-corrected chi connectivity index (χ4v) is 3.84. The van der Waals surface area contributed by atoms with E-state index in [0.717, 1.165) is 41.0 Å². The van der Waals surface area contributed by atoms with Crippen molar-refractivity contribution in [2.75, 3.05) is 11.9 Å². The number of para-hydroxylation sites is 1. The second kappa shape index (κ2) is 5.64. The number of fused-ring (bicyclic) bond motifs is 1. The van der Waals surface area contributed by atoms with Crippen LogP contribution < -0.4 is 5.32 Å². The van der Waals surface area contributed by atoms with Gasteiger partial charge in [-0.3, -0.25) is 4.79 Å². The summed E-state index contributed by atoms with van der Waals surface area (Å²) in [6.45, 7) is 2.67. The zero-order valence-electron chi connectivity index (χ0n) is 12.1. The second-order valence-electron chi connectivity index (χ2n) is 6.11. The molecule has 0 atom stereocenters. The van der Waals surface area contributed by atoms with Gasteiger partial charge in [-0.2, -0.15) is 0 Å². The maximum absolute atomic E-state index is 11.7.